The molecule has 14 heteroatoms. The molecule has 0 spiro atoms. The summed E-state index contributed by atoms with van der Waals surface area (Å²) < 4.78 is 48.9. The third kappa shape index (κ3) is 6.33. The van der Waals surface area contributed by atoms with Gasteiger partial charge in [-0.2, -0.15) is 0 Å². The van der Waals surface area contributed by atoms with Crippen LogP contribution in [0.4, 0.5) is 0 Å². The number of ether oxygens (including phenoxy) is 8. The average molecular weight is 879 g/mol. The van der Waals surface area contributed by atoms with Gasteiger partial charge in [0.1, 0.15) is 69.0 Å². The predicted molar refractivity (Wildman–Crippen MR) is 244 cm³/mol. The smallest absolute Gasteiger partial charge is 0.258 e. The highest BCUT2D eigenvalue weighted by Gasteiger charge is 2.37. The maximum atomic E-state index is 14.1. The van der Waals surface area contributed by atoms with Gasteiger partial charge in [-0.15, -0.1) is 0 Å². The summed E-state index contributed by atoms with van der Waals surface area (Å²) in [5, 5.41) is 7.84. The van der Waals surface area contributed by atoms with Crippen LogP contribution >= 0.6 is 0 Å². The number of hydrogen-bond acceptors (Lipinski definition) is 12. The summed E-state index contributed by atoms with van der Waals surface area (Å²) in [6.07, 6.45) is 0. The van der Waals surface area contributed by atoms with E-state index in [9.17, 15) is 19.2 Å². The monoisotopic (exact) mass is 878 g/mol. The van der Waals surface area contributed by atoms with Crippen LogP contribution in [0.1, 0.15) is 41.4 Å². The van der Waals surface area contributed by atoms with E-state index in [-0.39, 0.29) is 45.3 Å². The maximum Gasteiger partial charge on any atom is 0.258 e. The second kappa shape index (κ2) is 15.3. The predicted octanol–water partition coefficient (Wildman–Crippen LogP) is 10.7. The zero-order valence-corrected chi connectivity index (χ0v) is 35.4. The van der Waals surface area contributed by atoms with Gasteiger partial charge in [0.2, 0.25) is 0 Å². The molecular weight excluding hydrogens is 845 g/mol. The Labute approximate surface area is 374 Å². The van der Waals surface area contributed by atoms with E-state index < -0.39 is 23.6 Å². The summed E-state index contributed by atoms with van der Waals surface area (Å²) in [6, 6.07) is 33.8. The Morgan fingerprint density at radius 3 is 0.667 bits per heavy atom. The number of carbonyl (C=O) groups excluding carboxylic acids is 4. The number of benzene rings is 9. The molecule has 2 N–H and O–H groups in total. The quantitative estimate of drug-likeness (QED) is 0.0678. The van der Waals surface area contributed by atoms with Gasteiger partial charge in [-0.05, 0) is 121 Å². The Hall–Kier alpha value is -9.04. The minimum absolute atomic E-state index is 0.142. The molecule has 0 saturated carbocycles. The Bertz CT molecular complexity index is 3060. The van der Waals surface area contributed by atoms with Gasteiger partial charge < -0.3 is 37.9 Å². The number of rotatable bonds is 12. The molecule has 0 radical (unpaired) electrons. The fourth-order valence-corrected chi connectivity index (χ4v) is 8.76. The lowest BCUT2D eigenvalue weighted by atomic mass is 9.81. The zero-order chi connectivity index (χ0) is 45.4. The molecule has 4 amide bonds. The van der Waals surface area contributed by atoms with Crippen LogP contribution in [-0.4, -0.2) is 52.1 Å². The Morgan fingerprint density at radius 1 is 0.273 bits per heavy atom. The molecule has 2 aliphatic heterocycles. The fourth-order valence-electron chi connectivity index (χ4n) is 8.76. The van der Waals surface area contributed by atoms with Crippen molar-refractivity contribution < 1.29 is 57.1 Å². The Morgan fingerprint density at radius 2 is 0.470 bits per heavy atom. The minimum atomic E-state index is -0.656. The highest BCUT2D eigenvalue weighted by molar-refractivity contribution is 6.44. The van der Waals surface area contributed by atoms with Gasteiger partial charge in [-0.3, -0.25) is 29.8 Å². The summed E-state index contributed by atoms with van der Waals surface area (Å²) in [6.45, 7) is 0. The van der Waals surface area contributed by atoms with Gasteiger partial charge >= 0.3 is 0 Å². The number of carbonyl (C=O) groups is 4. The topological polar surface area (TPSA) is 166 Å². The molecule has 9 aromatic rings. The number of methoxy groups -OCH3 is 4. The second-order valence-corrected chi connectivity index (χ2v) is 15.4. The van der Waals surface area contributed by atoms with Crippen LogP contribution in [0.25, 0.3) is 43.1 Å². The molecule has 324 valence electrons. The zero-order valence-electron chi connectivity index (χ0n) is 35.4. The summed E-state index contributed by atoms with van der Waals surface area (Å²) in [7, 11) is 6.21. The molecule has 2 heterocycles. The van der Waals surface area contributed by atoms with Gasteiger partial charge in [0.25, 0.3) is 23.6 Å². The maximum absolute atomic E-state index is 14.1. The van der Waals surface area contributed by atoms with Gasteiger partial charge in [0.05, 0.1) is 50.7 Å². The van der Waals surface area contributed by atoms with Crippen molar-refractivity contribution in [2.24, 2.45) is 0 Å². The van der Waals surface area contributed by atoms with Crippen LogP contribution in [0.5, 0.6) is 69.0 Å². The fraction of sp³-hybridized carbons (Fsp3) is 0.0769. The lowest BCUT2D eigenvalue weighted by molar-refractivity contribution is 0.0828. The average Bonchev–Trinajstić information content (AvgIpc) is 3.34. The van der Waals surface area contributed by atoms with Crippen molar-refractivity contribution in [2.75, 3.05) is 28.4 Å². The van der Waals surface area contributed by atoms with Crippen LogP contribution in [0.15, 0.2) is 121 Å². The molecule has 11 rings (SSSR count). The van der Waals surface area contributed by atoms with Gasteiger partial charge in [0, 0.05) is 43.1 Å². The minimum Gasteiger partial charge on any atom is -0.497 e. The first-order valence-electron chi connectivity index (χ1n) is 20.5. The highest BCUT2D eigenvalue weighted by atomic mass is 16.5. The number of amides is 4. The largest absolute Gasteiger partial charge is 0.497 e. The Kier molecular flexibility index (Phi) is 9.25. The second-order valence-electron chi connectivity index (χ2n) is 15.4. The number of imide groups is 2. The first-order chi connectivity index (χ1) is 32.1. The first kappa shape index (κ1) is 39.8. The molecule has 0 bridgehead atoms. The van der Waals surface area contributed by atoms with Crippen LogP contribution in [0.2, 0.25) is 0 Å². The van der Waals surface area contributed by atoms with Gasteiger partial charge in [-0.25, -0.2) is 0 Å². The third-order valence-electron chi connectivity index (χ3n) is 11.7. The molecule has 0 fully saturated rings. The molecule has 9 aromatic carbocycles. The van der Waals surface area contributed by atoms with Crippen molar-refractivity contribution in [1.82, 2.24) is 10.6 Å². The lowest BCUT2D eigenvalue weighted by Crippen LogP contribution is -2.35. The lowest BCUT2D eigenvalue weighted by Gasteiger charge is -2.28. The van der Waals surface area contributed by atoms with E-state index in [2.05, 4.69) is 10.6 Å². The highest BCUT2D eigenvalue weighted by Crippen LogP contribution is 2.57. The molecule has 0 saturated heterocycles. The molecule has 14 nitrogen and oxygen atoms in total. The van der Waals surface area contributed by atoms with Gasteiger partial charge in [0.15, 0.2) is 0 Å². The molecule has 2 aliphatic rings. The molecule has 66 heavy (non-hydrogen) atoms. The van der Waals surface area contributed by atoms with Crippen LogP contribution in [0, 0.1) is 0 Å². The molecular formula is C52H34N2O12. The van der Waals surface area contributed by atoms with E-state index in [1.165, 1.54) is 0 Å². The number of hydrogen-bond donors (Lipinski definition) is 2. The summed E-state index contributed by atoms with van der Waals surface area (Å²) in [4.78, 5) is 56.4. The third-order valence-corrected chi connectivity index (χ3v) is 11.7. The van der Waals surface area contributed by atoms with Crippen molar-refractivity contribution in [3.8, 4) is 69.0 Å². The van der Waals surface area contributed by atoms with Crippen LogP contribution in [0.3, 0.4) is 0 Å². The molecule has 0 aromatic heterocycles. The molecule has 0 unspecified atom stereocenters. The SMILES string of the molecule is COc1ccc(Oc2cc3c4c(cc(Oc5ccc(OC)cc5)c5c6c(Oc7ccc(OC)cc7)cc7c8c(cc(Oc9ccc(OC)cc9)c(c2c45)c86)C(=O)NC7=O)C(=O)NC3=O)cc1. The summed E-state index contributed by atoms with van der Waals surface area (Å²) >= 11 is 0. The molecule has 0 aliphatic carbocycles. The van der Waals surface area contributed by atoms with E-state index >= 15 is 0 Å². The number of fused-ring (bicyclic) bond motifs is 2. The van der Waals surface area contributed by atoms with E-state index in [1.807, 2.05) is 0 Å². The van der Waals surface area contributed by atoms with Crippen molar-refractivity contribution >= 4 is 66.7 Å². The molecule has 0 atom stereocenters. The van der Waals surface area contributed by atoms with Crippen molar-refractivity contribution in [3.63, 3.8) is 0 Å². The van der Waals surface area contributed by atoms with Crippen LogP contribution < -0.4 is 48.5 Å². The standard InChI is InChI=1S/C52H34N2O12/c1-59-25-5-13-29(14-6-25)63-37-21-33-41-34(50(56)53-49(33)55)23-39(65-31-17-9-27(61-3)10-18-31)45-46-40(66-32-19-11-28(62-4)12-20-32)24-36-42-35(51(57)54-52(36)58)22-38(44(48(42)46)43(37)47(41)45)64-30-15-7-26(60-2)8-16-30/h5-24H,1-4H3,(H,53,55,56)(H,54,57,58). The van der Waals surface area contributed by atoms with Crippen molar-refractivity contribution in [1.29, 1.82) is 0 Å². The van der Waals surface area contributed by atoms with E-state index in [4.69, 9.17) is 37.9 Å². The summed E-state index contributed by atoms with van der Waals surface area (Å²) in [5.41, 5.74) is 0.567. The first-order valence-corrected chi connectivity index (χ1v) is 20.5. The van der Waals surface area contributed by atoms with Crippen molar-refractivity contribution in [2.45, 2.75) is 0 Å². The summed E-state index contributed by atoms with van der Waals surface area (Å²) in [5.74, 6) is 1.92. The van der Waals surface area contributed by atoms with Crippen LogP contribution in [-0.2, 0) is 0 Å². The van der Waals surface area contributed by atoms with Gasteiger partial charge in [-0.1, -0.05) is 0 Å². The van der Waals surface area contributed by atoms with Crippen molar-refractivity contribution in [3.05, 3.63) is 144 Å². The normalized spacial score (nSPS) is 12.9. The van der Waals surface area contributed by atoms with E-state index in [0.29, 0.717) is 89.1 Å². The Balaban J connectivity index is 1.36. The number of nitrogens with one attached hydrogen (secondary N) is 2. The van der Waals surface area contributed by atoms with E-state index in [0.717, 1.165) is 0 Å². The van der Waals surface area contributed by atoms with E-state index in [1.54, 1.807) is 150 Å².